The Labute approximate surface area is 197 Å². The Kier molecular flexibility index (Phi) is 6.87. The maximum Gasteiger partial charge on any atom is 0.255 e. The molecule has 0 radical (unpaired) electrons. The van der Waals surface area contributed by atoms with E-state index in [9.17, 15) is 14.4 Å². The van der Waals surface area contributed by atoms with Gasteiger partial charge in [0.15, 0.2) is 11.0 Å². The number of benzene rings is 3. The van der Waals surface area contributed by atoms with Crippen LogP contribution in [0.3, 0.4) is 0 Å². The summed E-state index contributed by atoms with van der Waals surface area (Å²) in [7, 11) is 0. The summed E-state index contributed by atoms with van der Waals surface area (Å²) < 4.78 is 6.14. The van der Waals surface area contributed by atoms with Gasteiger partial charge in [-0.25, -0.2) is 0 Å². The lowest BCUT2D eigenvalue weighted by molar-refractivity contribution is -0.116. The average molecular weight is 455 g/mol. The Hall–Kier alpha value is -4.19. The molecule has 0 saturated carbocycles. The fourth-order valence-corrected chi connectivity index (χ4v) is 3.84. The zero-order chi connectivity index (χ0) is 24.1. The predicted octanol–water partition coefficient (Wildman–Crippen LogP) is 5.44. The minimum absolute atomic E-state index is 0.0426. The predicted molar refractivity (Wildman–Crippen MR) is 134 cm³/mol. The van der Waals surface area contributed by atoms with Gasteiger partial charge in [0.2, 0.25) is 5.91 Å². The van der Waals surface area contributed by atoms with E-state index in [1.807, 2.05) is 61.5 Å². The first kappa shape index (κ1) is 23.0. The number of anilines is 1. The van der Waals surface area contributed by atoms with Crippen molar-refractivity contribution in [3.63, 3.8) is 0 Å². The van der Waals surface area contributed by atoms with Crippen molar-refractivity contribution in [2.24, 2.45) is 0 Å². The van der Waals surface area contributed by atoms with Crippen molar-refractivity contribution in [2.45, 2.75) is 33.2 Å². The lowest BCUT2D eigenvalue weighted by Crippen LogP contribution is -2.23. The Balaban J connectivity index is 1.61. The molecule has 0 atom stereocenters. The van der Waals surface area contributed by atoms with E-state index >= 15 is 0 Å². The first-order valence-corrected chi connectivity index (χ1v) is 11.3. The van der Waals surface area contributed by atoms with Gasteiger partial charge >= 0.3 is 0 Å². The van der Waals surface area contributed by atoms with Crippen molar-refractivity contribution in [3.8, 4) is 11.3 Å². The van der Waals surface area contributed by atoms with E-state index < -0.39 is 0 Å². The summed E-state index contributed by atoms with van der Waals surface area (Å²) >= 11 is 0. The Morgan fingerprint density at radius 3 is 2.47 bits per heavy atom. The number of para-hydroxylation sites is 1. The van der Waals surface area contributed by atoms with Crippen LogP contribution in [0.4, 0.5) is 5.69 Å². The summed E-state index contributed by atoms with van der Waals surface area (Å²) in [6.45, 7) is 3.94. The molecule has 0 saturated heterocycles. The highest BCUT2D eigenvalue weighted by molar-refractivity contribution is 6.05. The molecule has 172 valence electrons. The highest BCUT2D eigenvalue weighted by Crippen LogP contribution is 2.27. The van der Waals surface area contributed by atoms with Gasteiger partial charge in [-0.3, -0.25) is 14.4 Å². The summed E-state index contributed by atoms with van der Waals surface area (Å²) in [4.78, 5) is 38.0. The van der Waals surface area contributed by atoms with Gasteiger partial charge in [0.1, 0.15) is 5.76 Å². The van der Waals surface area contributed by atoms with Gasteiger partial charge < -0.3 is 15.1 Å². The van der Waals surface area contributed by atoms with E-state index in [1.165, 1.54) is 0 Å². The molecular weight excluding hydrogens is 428 g/mol. The van der Waals surface area contributed by atoms with E-state index in [0.29, 0.717) is 34.4 Å². The molecule has 1 aromatic heterocycles. The summed E-state index contributed by atoms with van der Waals surface area (Å²) in [5, 5.41) is 6.12. The molecule has 0 aliphatic heterocycles. The largest absolute Gasteiger partial charge is 0.455 e. The molecule has 2 N–H and O–H groups in total. The van der Waals surface area contributed by atoms with Gasteiger partial charge in [-0.1, -0.05) is 55.5 Å². The van der Waals surface area contributed by atoms with Crippen molar-refractivity contribution < 1.29 is 14.0 Å². The Bertz CT molecular complexity index is 1410. The van der Waals surface area contributed by atoms with Gasteiger partial charge in [0.25, 0.3) is 5.91 Å². The van der Waals surface area contributed by atoms with E-state index in [1.54, 1.807) is 25.1 Å². The molecule has 0 fully saturated rings. The van der Waals surface area contributed by atoms with E-state index in [4.69, 9.17) is 4.42 Å². The van der Waals surface area contributed by atoms with E-state index in [-0.39, 0.29) is 29.4 Å². The second kappa shape index (κ2) is 10.2. The van der Waals surface area contributed by atoms with Gasteiger partial charge in [-0.05, 0) is 43.2 Å². The molecule has 2 amide bonds. The first-order chi connectivity index (χ1) is 16.5. The van der Waals surface area contributed by atoms with Crippen LogP contribution in [0.1, 0.15) is 41.3 Å². The van der Waals surface area contributed by atoms with Crippen molar-refractivity contribution in [3.05, 3.63) is 99.7 Å². The molecule has 6 nitrogen and oxygen atoms in total. The van der Waals surface area contributed by atoms with Gasteiger partial charge in [0.05, 0.1) is 10.9 Å². The van der Waals surface area contributed by atoms with Crippen LogP contribution in [0.25, 0.3) is 22.3 Å². The lowest BCUT2D eigenvalue weighted by atomic mass is 10.0. The van der Waals surface area contributed by atoms with Crippen LogP contribution in [-0.4, -0.2) is 11.8 Å². The third-order valence-electron chi connectivity index (χ3n) is 5.57. The first-order valence-electron chi connectivity index (χ1n) is 11.3. The van der Waals surface area contributed by atoms with Crippen LogP contribution >= 0.6 is 0 Å². The van der Waals surface area contributed by atoms with E-state index in [0.717, 1.165) is 17.5 Å². The fraction of sp³-hybridized carbons (Fsp3) is 0.179. The number of carbonyl (C=O) groups excluding carboxylic acids is 2. The molecule has 0 aliphatic rings. The lowest BCUT2D eigenvalue weighted by Gasteiger charge is -2.11. The van der Waals surface area contributed by atoms with Crippen LogP contribution < -0.4 is 16.1 Å². The second-order valence-electron chi connectivity index (χ2n) is 8.11. The molecule has 0 bridgehead atoms. The molecule has 0 aliphatic carbocycles. The number of amides is 2. The zero-order valence-corrected chi connectivity index (χ0v) is 19.2. The molecular formula is C28H26N2O4. The second-order valence-corrected chi connectivity index (χ2v) is 8.11. The number of fused-ring (bicyclic) bond motifs is 1. The van der Waals surface area contributed by atoms with Crippen LogP contribution in [-0.2, 0) is 11.3 Å². The average Bonchev–Trinajstić information content (AvgIpc) is 2.85. The Morgan fingerprint density at radius 2 is 1.71 bits per heavy atom. The quantitative estimate of drug-likeness (QED) is 0.389. The number of rotatable bonds is 7. The number of nitrogens with one attached hydrogen (secondary N) is 2. The monoisotopic (exact) mass is 454 g/mol. The minimum atomic E-state index is -0.350. The van der Waals surface area contributed by atoms with Crippen molar-refractivity contribution in [1.29, 1.82) is 0 Å². The van der Waals surface area contributed by atoms with Crippen molar-refractivity contribution in [1.82, 2.24) is 5.32 Å². The zero-order valence-electron chi connectivity index (χ0n) is 19.2. The van der Waals surface area contributed by atoms with Crippen molar-refractivity contribution in [2.75, 3.05) is 5.32 Å². The van der Waals surface area contributed by atoms with Crippen LogP contribution in [0.2, 0.25) is 0 Å². The number of hydrogen-bond acceptors (Lipinski definition) is 4. The summed E-state index contributed by atoms with van der Waals surface area (Å²) in [6.07, 6.45) is 1.23. The van der Waals surface area contributed by atoms with Crippen LogP contribution in [0, 0.1) is 6.92 Å². The highest BCUT2D eigenvalue weighted by Gasteiger charge is 2.18. The third-order valence-corrected chi connectivity index (χ3v) is 5.57. The molecule has 4 aromatic rings. The number of carbonyl (C=O) groups is 2. The normalized spacial score (nSPS) is 10.8. The summed E-state index contributed by atoms with van der Waals surface area (Å²) in [5.41, 5.74) is 3.18. The topological polar surface area (TPSA) is 88.4 Å². The van der Waals surface area contributed by atoms with Gasteiger partial charge in [-0.2, -0.15) is 0 Å². The molecule has 3 aromatic carbocycles. The van der Waals surface area contributed by atoms with Gasteiger partial charge in [0, 0.05) is 29.8 Å². The van der Waals surface area contributed by atoms with Crippen LogP contribution in [0.15, 0.2) is 82.0 Å². The highest BCUT2D eigenvalue weighted by atomic mass is 16.3. The maximum atomic E-state index is 13.1. The van der Waals surface area contributed by atoms with Gasteiger partial charge in [-0.15, -0.1) is 0 Å². The van der Waals surface area contributed by atoms with Crippen LogP contribution in [0.5, 0.6) is 0 Å². The molecule has 0 unspecified atom stereocenters. The molecule has 34 heavy (non-hydrogen) atoms. The standard InChI is InChI=1S/C28H26N2O4/c1-3-9-24(31)30-21-13-7-10-19(16-21)17-29-28(33)23-15-8-14-22-25(32)18(2)26(34-27(22)23)20-11-5-4-6-12-20/h4-8,10-16H,3,9,17H2,1-2H3,(H,29,33)(H,30,31). The SMILES string of the molecule is CCCC(=O)Nc1cccc(CNC(=O)c2cccc3c(=O)c(C)c(-c4ccccc4)oc23)c1. The molecule has 0 spiro atoms. The van der Waals surface area contributed by atoms with E-state index in [2.05, 4.69) is 10.6 Å². The third kappa shape index (κ3) is 4.91. The molecule has 1 heterocycles. The fourth-order valence-electron chi connectivity index (χ4n) is 3.84. The summed E-state index contributed by atoms with van der Waals surface area (Å²) in [5.74, 6) is 0.0601. The maximum absolute atomic E-state index is 13.1. The minimum Gasteiger partial charge on any atom is -0.455 e. The molecule has 6 heteroatoms. The summed E-state index contributed by atoms with van der Waals surface area (Å²) in [6, 6.07) is 21.7. The Morgan fingerprint density at radius 1 is 0.941 bits per heavy atom. The number of hydrogen-bond donors (Lipinski definition) is 2. The van der Waals surface area contributed by atoms with Crippen molar-refractivity contribution >= 4 is 28.5 Å². The smallest absolute Gasteiger partial charge is 0.255 e. The molecule has 4 rings (SSSR count).